The van der Waals surface area contributed by atoms with Crippen LogP contribution in [0.4, 0.5) is 10.1 Å². The lowest BCUT2D eigenvalue weighted by atomic mass is 9.53. The van der Waals surface area contributed by atoms with Crippen LogP contribution in [0.2, 0.25) is 5.02 Å². The van der Waals surface area contributed by atoms with Gasteiger partial charge >= 0.3 is 11.4 Å². The van der Waals surface area contributed by atoms with Crippen molar-refractivity contribution in [2.45, 2.75) is 30.3 Å². The minimum Gasteiger partial charge on any atom is -0.504 e. The molecule has 2 fully saturated rings. The Morgan fingerprint density at radius 2 is 1.62 bits per heavy atom. The number of aromatic hydroxyl groups is 1. The Morgan fingerprint density at radius 3 is 2.32 bits per heavy atom. The van der Waals surface area contributed by atoms with Crippen molar-refractivity contribution >= 4 is 29.1 Å². The standard InChI is InChI=1S/C37H29ClFN5O6/c1-50-30-9-5-8-27(32(30)45)31-26-18-19-41-35(48)42(25-6-3-2-4-7-25)36(49)44(41)29(26)20-28-33(46)43(40-24-16-14-23(39)15-17-24)34(47)37(28,31)21-10-12-22(38)13-11-21/h2-18,28-29,31,40,45H,19-20H2,1H3. The number of rotatable bonds is 6. The van der Waals surface area contributed by atoms with Crippen molar-refractivity contribution in [3.05, 3.63) is 152 Å². The number of benzene rings is 4. The van der Waals surface area contributed by atoms with E-state index in [1.807, 2.05) is 0 Å². The molecule has 1 saturated heterocycles. The summed E-state index contributed by atoms with van der Waals surface area (Å²) in [5, 5.41) is 13.1. The molecule has 2 amide bonds. The van der Waals surface area contributed by atoms with E-state index in [9.17, 15) is 23.9 Å². The number of carbonyl (C=O) groups excluding carboxylic acids is 2. The minimum absolute atomic E-state index is 0.0119. The van der Waals surface area contributed by atoms with E-state index in [2.05, 4.69) is 5.43 Å². The molecule has 4 atom stereocenters. The highest BCUT2D eigenvalue weighted by atomic mass is 35.5. The number of halogens is 2. The molecule has 8 rings (SSSR count). The van der Waals surface area contributed by atoms with Crippen molar-refractivity contribution < 1.29 is 23.8 Å². The molecular formula is C37H29ClFN5O6. The molecule has 1 aliphatic carbocycles. The molecule has 0 spiro atoms. The van der Waals surface area contributed by atoms with Gasteiger partial charge in [0.05, 0.1) is 42.4 Å². The normalized spacial score (nSPS) is 22.4. The Kier molecular flexibility index (Phi) is 7.30. The number of amides is 2. The van der Waals surface area contributed by atoms with Gasteiger partial charge in [-0.3, -0.25) is 15.0 Å². The number of ether oxygens (including phenoxy) is 1. The number of fused-ring (bicyclic) bond motifs is 4. The van der Waals surface area contributed by atoms with E-state index in [-0.39, 0.29) is 30.0 Å². The molecule has 0 radical (unpaired) electrons. The fourth-order valence-electron chi connectivity index (χ4n) is 8.00. The Bertz CT molecular complexity index is 2330. The van der Waals surface area contributed by atoms with Gasteiger partial charge in [0, 0.05) is 16.5 Å². The molecule has 11 nitrogen and oxygen atoms in total. The second kappa shape index (κ2) is 11.6. The van der Waals surface area contributed by atoms with Crippen LogP contribution < -0.4 is 21.5 Å². The average Bonchev–Trinajstić information content (AvgIpc) is 3.51. The van der Waals surface area contributed by atoms with Crippen LogP contribution in [0.1, 0.15) is 29.5 Å². The summed E-state index contributed by atoms with van der Waals surface area (Å²) in [6.07, 6.45) is 1.76. The summed E-state index contributed by atoms with van der Waals surface area (Å²) >= 11 is 6.33. The second-order valence-electron chi connectivity index (χ2n) is 12.5. The third-order valence-corrected chi connectivity index (χ3v) is 10.3. The molecule has 252 valence electrons. The predicted octanol–water partition coefficient (Wildman–Crippen LogP) is 4.93. The van der Waals surface area contributed by atoms with Gasteiger partial charge in [0.1, 0.15) is 5.82 Å². The first-order valence-electron chi connectivity index (χ1n) is 15.9. The van der Waals surface area contributed by atoms with Crippen LogP contribution in [0.15, 0.2) is 118 Å². The summed E-state index contributed by atoms with van der Waals surface area (Å²) in [7, 11) is 1.41. The number of anilines is 1. The first kappa shape index (κ1) is 31.4. The van der Waals surface area contributed by atoms with E-state index < -0.39 is 52.3 Å². The van der Waals surface area contributed by atoms with Crippen LogP contribution in [-0.4, -0.2) is 43.0 Å². The smallest absolute Gasteiger partial charge is 0.352 e. The van der Waals surface area contributed by atoms with Gasteiger partial charge in [-0.1, -0.05) is 60.1 Å². The van der Waals surface area contributed by atoms with Crippen molar-refractivity contribution in [2.24, 2.45) is 5.92 Å². The largest absolute Gasteiger partial charge is 0.504 e. The van der Waals surface area contributed by atoms with Crippen LogP contribution in [0.3, 0.4) is 0 Å². The number of imide groups is 1. The Hall–Kier alpha value is -5.88. The van der Waals surface area contributed by atoms with Crippen molar-refractivity contribution in [2.75, 3.05) is 12.5 Å². The maximum Gasteiger partial charge on any atom is 0.352 e. The quantitative estimate of drug-likeness (QED) is 0.191. The van der Waals surface area contributed by atoms with Crippen molar-refractivity contribution in [1.29, 1.82) is 0 Å². The molecule has 3 aliphatic rings. The molecule has 1 aromatic heterocycles. The van der Waals surface area contributed by atoms with Gasteiger partial charge in [-0.15, -0.1) is 0 Å². The highest BCUT2D eigenvalue weighted by Crippen LogP contribution is 2.63. The van der Waals surface area contributed by atoms with Gasteiger partial charge in [-0.25, -0.2) is 27.9 Å². The molecule has 4 aromatic carbocycles. The lowest BCUT2D eigenvalue weighted by molar-refractivity contribution is -0.138. The maximum absolute atomic E-state index is 15.2. The minimum atomic E-state index is -1.67. The van der Waals surface area contributed by atoms with Crippen LogP contribution in [0, 0.1) is 11.7 Å². The number of aromatic nitrogens is 3. The molecule has 50 heavy (non-hydrogen) atoms. The summed E-state index contributed by atoms with van der Waals surface area (Å²) in [5.74, 6) is -3.96. The number of carbonyl (C=O) groups is 2. The maximum atomic E-state index is 15.2. The first-order valence-corrected chi connectivity index (χ1v) is 16.3. The van der Waals surface area contributed by atoms with Crippen LogP contribution >= 0.6 is 11.6 Å². The van der Waals surface area contributed by atoms with Gasteiger partial charge in [-0.2, -0.15) is 5.01 Å². The Morgan fingerprint density at radius 1 is 0.900 bits per heavy atom. The van der Waals surface area contributed by atoms with Crippen molar-refractivity contribution in [1.82, 2.24) is 18.9 Å². The van der Waals surface area contributed by atoms with Gasteiger partial charge in [-0.05, 0) is 72.2 Å². The number of nitrogens with zero attached hydrogens (tertiary/aromatic N) is 4. The van der Waals surface area contributed by atoms with Crippen LogP contribution in [0.25, 0.3) is 5.69 Å². The van der Waals surface area contributed by atoms with E-state index in [1.54, 1.807) is 78.9 Å². The number of phenolic OH excluding ortho intramolecular Hbond substituents is 1. The Balaban J connectivity index is 1.40. The molecule has 2 aliphatic heterocycles. The fourth-order valence-corrected chi connectivity index (χ4v) is 8.12. The molecule has 4 unspecified atom stereocenters. The number of allylic oxidation sites excluding steroid dienone is 2. The lowest BCUT2D eigenvalue weighted by Gasteiger charge is -2.49. The monoisotopic (exact) mass is 693 g/mol. The molecular weight excluding hydrogens is 665 g/mol. The van der Waals surface area contributed by atoms with Crippen molar-refractivity contribution in [3.63, 3.8) is 0 Å². The first-order chi connectivity index (χ1) is 24.2. The second-order valence-corrected chi connectivity index (χ2v) is 12.9. The number of nitrogens with one attached hydrogen (secondary N) is 1. The van der Waals surface area contributed by atoms with Gasteiger partial charge in [0.2, 0.25) is 0 Å². The predicted molar refractivity (Wildman–Crippen MR) is 182 cm³/mol. The highest BCUT2D eigenvalue weighted by Gasteiger charge is 2.69. The van der Waals surface area contributed by atoms with E-state index in [0.717, 1.165) is 9.58 Å². The summed E-state index contributed by atoms with van der Waals surface area (Å²) in [5.41, 5.74) is 2.04. The van der Waals surface area contributed by atoms with Gasteiger partial charge in [0.25, 0.3) is 11.8 Å². The van der Waals surface area contributed by atoms with Crippen LogP contribution in [-0.2, 0) is 21.5 Å². The zero-order valence-electron chi connectivity index (χ0n) is 26.5. The lowest BCUT2D eigenvalue weighted by Crippen LogP contribution is -2.53. The summed E-state index contributed by atoms with van der Waals surface area (Å²) in [6, 6.07) is 24.4. The van der Waals surface area contributed by atoms with Gasteiger partial charge in [0.15, 0.2) is 11.5 Å². The van der Waals surface area contributed by atoms with E-state index in [4.69, 9.17) is 16.3 Å². The molecule has 0 bridgehead atoms. The molecule has 5 aromatic rings. The number of hydrogen-bond acceptors (Lipinski definition) is 7. The fraction of sp³-hybridized carbons (Fsp3) is 0.189. The number of hydrazine groups is 1. The zero-order chi connectivity index (χ0) is 34.9. The third-order valence-electron chi connectivity index (χ3n) is 10.1. The third kappa shape index (κ3) is 4.41. The number of methoxy groups -OCH3 is 1. The summed E-state index contributed by atoms with van der Waals surface area (Å²) < 4.78 is 23.1. The summed E-state index contributed by atoms with van der Waals surface area (Å²) in [4.78, 5) is 57.9. The number of hydrogen-bond donors (Lipinski definition) is 2. The summed E-state index contributed by atoms with van der Waals surface area (Å²) in [6.45, 7) is -0.0119. The van der Waals surface area contributed by atoms with E-state index >= 15 is 4.79 Å². The SMILES string of the molecule is COc1cccc(C2C3=CCn4c(=O)n(-c5ccccc5)c(=O)n4C3CC3C(=O)N(Nc4ccc(F)cc4)C(=O)C32c2ccc(Cl)cc2)c1O. The van der Waals surface area contributed by atoms with E-state index in [1.165, 1.54) is 40.7 Å². The molecule has 1 saturated carbocycles. The number of phenols is 1. The molecule has 13 heteroatoms. The highest BCUT2D eigenvalue weighted by molar-refractivity contribution is 6.30. The molecule has 3 heterocycles. The molecule has 2 N–H and O–H groups in total. The van der Waals surface area contributed by atoms with E-state index in [0.29, 0.717) is 27.5 Å². The number of para-hydroxylation sites is 2. The average molecular weight is 694 g/mol. The van der Waals surface area contributed by atoms with Crippen LogP contribution in [0.5, 0.6) is 11.5 Å². The van der Waals surface area contributed by atoms with Crippen molar-refractivity contribution in [3.8, 4) is 17.2 Å². The zero-order valence-corrected chi connectivity index (χ0v) is 27.3. The topological polar surface area (TPSA) is 128 Å². The Labute approximate surface area is 289 Å². The van der Waals surface area contributed by atoms with Gasteiger partial charge < -0.3 is 9.84 Å².